The molecule has 0 nitrogen and oxygen atoms in total. The minimum atomic E-state index is -0.889. The Morgan fingerprint density at radius 1 is 0.759 bits per heavy atom. The summed E-state index contributed by atoms with van der Waals surface area (Å²) >= 11 is 5.56. The smallest absolute Gasteiger partial charge is 0.145 e. The summed E-state index contributed by atoms with van der Waals surface area (Å²) in [5.74, 6) is -2.27. The van der Waals surface area contributed by atoms with Crippen molar-refractivity contribution in [3.63, 3.8) is 0 Å². The number of benzene rings is 3. The molecule has 0 aromatic heterocycles. The molecule has 0 fully saturated rings. The maximum Gasteiger partial charge on any atom is 0.145 e. The van der Waals surface area contributed by atoms with E-state index in [-0.39, 0.29) is 11.1 Å². The molecule has 4 rings (SSSR count). The molecule has 0 unspecified atom stereocenters. The van der Waals surface area contributed by atoms with E-state index < -0.39 is 22.5 Å². The molecule has 0 radical (unpaired) electrons. The molecule has 0 saturated heterocycles. The van der Waals surface area contributed by atoms with Crippen molar-refractivity contribution in [3.8, 4) is 22.3 Å². The van der Waals surface area contributed by atoms with Crippen LogP contribution in [-0.4, -0.2) is 0 Å². The highest BCUT2D eigenvalue weighted by Gasteiger charge is 2.21. The van der Waals surface area contributed by atoms with Gasteiger partial charge in [-0.15, -0.1) is 0 Å². The zero-order valence-electron chi connectivity index (χ0n) is 16.3. The second kappa shape index (κ2) is 8.23. The third kappa shape index (κ3) is 3.93. The van der Waals surface area contributed by atoms with Crippen LogP contribution in [0, 0.1) is 17.5 Å². The maximum atomic E-state index is 14.9. The van der Waals surface area contributed by atoms with E-state index in [0.717, 1.165) is 48.1 Å². The number of fused-ring (bicyclic) bond motifs is 3. The van der Waals surface area contributed by atoms with Crippen molar-refractivity contribution in [1.29, 1.82) is 0 Å². The first-order chi connectivity index (χ1) is 14.0. The van der Waals surface area contributed by atoms with Gasteiger partial charge in [0.25, 0.3) is 0 Å². The molecule has 150 valence electrons. The molecule has 1 aliphatic rings. The van der Waals surface area contributed by atoms with Crippen molar-refractivity contribution < 1.29 is 13.2 Å². The van der Waals surface area contributed by atoms with E-state index in [4.69, 9.17) is 11.6 Å². The molecule has 0 saturated carbocycles. The summed E-state index contributed by atoms with van der Waals surface area (Å²) in [4.78, 5) is 0. The molecular formula is C25H22ClF3. The lowest BCUT2D eigenvalue weighted by atomic mass is 9.83. The number of hydrogen-bond acceptors (Lipinski definition) is 0. The minimum absolute atomic E-state index is 0.154. The van der Waals surface area contributed by atoms with Crippen molar-refractivity contribution >= 4 is 11.6 Å². The van der Waals surface area contributed by atoms with Gasteiger partial charge in [-0.2, -0.15) is 0 Å². The molecule has 3 aromatic carbocycles. The van der Waals surface area contributed by atoms with Gasteiger partial charge >= 0.3 is 0 Å². The van der Waals surface area contributed by atoms with Crippen LogP contribution < -0.4 is 0 Å². The van der Waals surface area contributed by atoms with Gasteiger partial charge in [0.1, 0.15) is 22.5 Å². The number of rotatable bonds is 5. The summed E-state index contributed by atoms with van der Waals surface area (Å²) in [6, 6.07) is 11.8. The quantitative estimate of drug-likeness (QED) is 0.294. The number of aryl methyl sites for hydroxylation is 3. The predicted molar refractivity (Wildman–Crippen MR) is 113 cm³/mol. The van der Waals surface area contributed by atoms with E-state index in [2.05, 4.69) is 25.1 Å². The molecule has 0 spiro atoms. The van der Waals surface area contributed by atoms with Crippen LogP contribution in [0.15, 0.2) is 42.5 Å². The Kier molecular flexibility index (Phi) is 5.69. The van der Waals surface area contributed by atoms with Gasteiger partial charge in [-0.1, -0.05) is 49.6 Å². The Bertz CT molecular complexity index is 1050. The first kappa shape index (κ1) is 20.0. The summed E-state index contributed by atoms with van der Waals surface area (Å²) in [7, 11) is 0. The van der Waals surface area contributed by atoms with Gasteiger partial charge in [0.05, 0.1) is 0 Å². The molecule has 0 heterocycles. The van der Waals surface area contributed by atoms with Crippen LogP contribution in [0.25, 0.3) is 22.3 Å². The fraction of sp³-hybridized carbons (Fsp3) is 0.280. The normalized spacial score (nSPS) is 12.6. The Balaban J connectivity index is 1.71. The van der Waals surface area contributed by atoms with E-state index >= 15 is 0 Å². The average molecular weight is 415 g/mol. The highest BCUT2D eigenvalue weighted by atomic mass is 35.5. The maximum absolute atomic E-state index is 14.9. The van der Waals surface area contributed by atoms with Crippen LogP contribution in [0.5, 0.6) is 0 Å². The lowest BCUT2D eigenvalue weighted by Gasteiger charge is -2.22. The van der Waals surface area contributed by atoms with Crippen LogP contribution in [0.4, 0.5) is 13.2 Å². The monoisotopic (exact) mass is 414 g/mol. The fourth-order valence-electron chi connectivity index (χ4n) is 4.13. The summed E-state index contributed by atoms with van der Waals surface area (Å²) in [5, 5.41) is -0.573. The molecule has 0 bridgehead atoms. The standard InChI is InChI=1S/C25H22ClF3/c1-2-3-4-5-15-6-9-19-16(10-15)7-8-17-11-21(22(27)14-20(17)19)18-12-23(28)25(26)24(29)13-18/h6,9-14H,2-5,7-8H2,1H3. The summed E-state index contributed by atoms with van der Waals surface area (Å²) in [5.41, 5.74) is 5.81. The topological polar surface area (TPSA) is 0 Å². The van der Waals surface area contributed by atoms with E-state index in [1.165, 1.54) is 36.5 Å². The Labute approximate surface area is 174 Å². The van der Waals surface area contributed by atoms with Crippen molar-refractivity contribution in [3.05, 3.63) is 81.6 Å². The molecule has 0 aliphatic heterocycles. The molecule has 0 N–H and O–H groups in total. The van der Waals surface area contributed by atoms with Gasteiger partial charge < -0.3 is 0 Å². The van der Waals surface area contributed by atoms with Crippen molar-refractivity contribution in [1.82, 2.24) is 0 Å². The molecule has 4 heteroatoms. The molecule has 29 heavy (non-hydrogen) atoms. The van der Waals surface area contributed by atoms with E-state index in [0.29, 0.717) is 0 Å². The second-order valence-corrected chi connectivity index (χ2v) is 8.07. The fourth-order valence-corrected chi connectivity index (χ4v) is 4.24. The van der Waals surface area contributed by atoms with Gasteiger partial charge in [-0.3, -0.25) is 0 Å². The van der Waals surface area contributed by atoms with Gasteiger partial charge in [0.15, 0.2) is 0 Å². The first-order valence-electron chi connectivity index (χ1n) is 10.1. The average Bonchev–Trinajstić information content (AvgIpc) is 2.71. The molecule has 0 amide bonds. The molecule has 3 aromatic rings. The molecule has 1 aliphatic carbocycles. The number of unbranched alkanes of at least 4 members (excludes halogenated alkanes) is 2. The van der Waals surface area contributed by atoms with Crippen molar-refractivity contribution in [2.45, 2.75) is 45.4 Å². The Hall–Kier alpha value is -2.26. The summed E-state index contributed by atoms with van der Waals surface area (Å²) in [6.45, 7) is 2.19. The summed E-state index contributed by atoms with van der Waals surface area (Å²) in [6.07, 6.45) is 6.30. The second-order valence-electron chi connectivity index (χ2n) is 7.69. The molecular weight excluding hydrogens is 393 g/mol. The van der Waals surface area contributed by atoms with E-state index in [1.807, 2.05) is 0 Å². The number of hydrogen-bond donors (Lipinski definition) is 0. The Morgan fingerprint density at radius 2 is 1.45 bits per heavy atom. The molecule has 0 atom stereocenters. The SMILES string of the molecule is CCCCCc1ccc2c(c1)CCc1cc(-c3cc(F)c(Cl)c(F)c3)c(F)cc1-2. The lowest BCUT2D eigenvalue weighted by Crippen LogP contribution is -2.06. The van der Waals surface area contributed by atoms with Crippen molar-refractivity contribution in [2.75, 3.05) is 0 Å². The van der Waals surface area contributed by atoms with Crippen LogP contribution >= 0.6 is 11.6 Å². The Morgan fingerprint density at radius 3 is 2.14 bits per heavy atom. The highest BCUT2D eigenvalue weighted by Crippen LogP contribution is 2.38. The third-order valence-corrected chi connectivity index (χ3v) is 6.04. The van der Waals surface area contributed by atoms with Crippen LogP contribution in [0.3, 0.4) is 0 Å². The van der Waals surface area contributed by atoms with Gasteiger partial charge in [0.2, 0.25) is 0 Å². The van der Waals surface area contributed by atoms with Crippen LogP contribution in [0.1, 0.15) is 42.9 Å². The largest absolute Gasteiger partial charge is 0.206 e. The third-order valence-electron chi connectivity index (χ3n) is 5.68. The number of halogens is 4. The van der Waals surface area contributed by atoms with Crippen molar-refractivity contribution in [2.24, 2.45) is 0 Å². The van der Waals surface area contributed by atoms with Crippen LogP contribution in [-0.2, 0) is 19.3 Å². The van der Waals surface area contributed by atoms with E-state index in [1.54, 1.807) is 6.07 Å². The van der Waals surface area contributed by atoms with Gasteiger partial charge in [-0.05, 0) is 83.3 Å². The zero-order chi connectivity index (χ0) is 20.5. The van der Waals surface area contributed by atoms with Gasteiger partial charge in [-0.25, -0.2) is 13.2 Å². The minimum Gasteiger partial charge on any atom is -0.206 e. The van der Waals surface area contributed by atoms with E-state index in [9.17, 15) is 13.2 Å². The predicted octanol–water partition coefficient (Wildman–Crippen LogP) is 7.92. The summed E-state index contributed by atoms with van der Waals surface area (Å²) < 4.78 is 42.6. The zero-order valence-corrected chi connectivity index (χ0v) is 17.1. The van der Waals surface area contributed by atoms with Gasteiger partial charge in [0, 0.05) is 5.56 Å². The highest BCUT2D eigenvalue weighted by molar-refractivity contribution is 6.31. The lowest BCUT2D eigenvalue weighted by molar-refractivity contribution is 0.584. The first-order valence-corrected chi connectivity index (χ1v) is 10.4. The van der Waals surface area contributed by atoms with Crippen LogP contribution in [0.2, 0.25) is 5.02 Å².